The molecule has 0 aliphatic carbocycles. The van der Waals surface area contributed by atoms with Gasteiger partial charge < -0.3 is 5.32 Å². The molecule has 206 valence electrons. The average Bonchev–Trinajstić information content (AvgIpc) is 3.24. The predicted octanol–water partition coefficient (Wildman–Crippen LogP) is 4.64. The Morgan fingerprint density at radius 1 is 0.974 bits per heavy atom. The second-order valence-corrected chi connectivity index (χ2v) is 16.8. The fraction of sp³-hybridized carbons (Fsp3) is 0.481. The largest absolute Gasteiger partial charge is 0.347 e. The van der Waals surface area contributed by atoms with Gasteiger partial charge in [0.25, 0.3) is 5.91 Å². The van der Waals surface area contributed by atoms with Crippen LogP contribution in [0.15, 0.2) is 41.3 Å². The van der Waals surface area contributed by atoms with Crippen LogP contribution in [-0.2, 0) is 25.3 Å². The van der Waals surface area contributed by atoms with Crippen molar-refractivity contribution >= 4 is 47.9 Å². The zero-order valence-electron chi connectivity index (χ0n) is 22.6. The van der Waals surface area contributed by atoms with E-state index in [0.29, 0.717) is 23.2 Å². The molecule has 1 fully saturated rings. The summed E-state index contributed by atoms with van der Waals surface area (Å²) in [7, 11) is -6.82. The van der Waals surface area contributed by atoms with E-state index in [9.17, 15) is 21.6 Å². The lowest BCUT2D eigenvalue weighted by atomic mass is 9.89. The summed E-state index contributed by atoms with van der Waals surface area (Å²) in [6.45, 7) is 11.5. The van der Waals surface area contributed by atoms with Crippen LogP contribution in [0.3, 0.4) is 0 Å². The van der Waals surface area contributed by atoms with Crippen molar-refractivity contribution in [1.29, 1.82) is 0 Å². The van der Waals surface area contributed by atoms with Gasteiger partial charge >= 0.3 is 0 Å². The molecule has 1 saturated heterocycles. The molecule has 1 aromatic heterocycles. The number of benzene rings is 2. The highest BCUT2D eigenvalue weighted by molar-refractivity contribution is 7.91. The molecule has 2 heterocycles. The van der Waals surface area contributed by atoms with E-state index in [0.717, 1.165) is 21.5 Å². The monoisotopic (exact) mass is 577 g/mol. The highest BCUT2D eigenvalue weighted by Gasteiger charge is 2.31. The van der Waals surface area contributed by atoms with Crippen molar-refractivity contribution in [3.8, 4) is 10.4 Å². The van der Waals surface area contributed by atoms with Crippen LogP contribution in [0.2, 0.25) is 0 Å². The first-order chi connectivity index (χ1) is 17.5. The minimum atomic E-state index is -3.78. The molecule has 2 N–H and O–H groups in total. The number of carbonyl (C=O) groups is 1. The van der Waals surface area contributed by atoms with Crippen molar-refractivity contribution in [3.63, 3.8) is 0 Å². The first-order valence-corrected chi connectivity index (χ1v) is 16.7. The summed E-state index contributed by atoms with van der Waals surface area (Å²) in [4.78, 5) is 18.9. The Kier molecular flexibility index (Phi) is 7.54. The Hall–Kier alpha value is -2.34. The molecule has 1 amide bonds. The number of sulfonamides is 1. The van der Waals surface area contributed by atoms with Crippen molar-refractivity contribution < 1.29 is 21.6 Å². The Morgan fingerprint density at radius 2 is 1.58 bits per heavy atom. The molecule has 3 aromatic rings. The van der Waals surface area contributed by atoms with Gasteiger partial charge in [-0.2, -0.15) is 0 Å². The molecule has 0 radical (unpaired) electrons. The summed E-state index contributed by atoms with van der Waals surface area (Å²) in [5.41, 5.74) is 0.525. The van der Waals surface area contributed by atoms with Crippen LogP contribution in [0, 0.1) is 0 Å². The molecule has 0 saturated carbocycles. The molecule has 0 atom stereocenters. The number of nitrogens with one attached hydrogen (secondary N) is 2. The van der Waals surface area contributed by atoms with Gasteiger partial charge in [0.15, 0.2) is 5.01 Å². The SMILES string of the molecule is CC(C)(C)NS(=O)(=O)c1ccc(-c2sc(C(=O)NC3CCS(=O)(=O)CC3)nc2C(C)(C)C)c2ccccc12. The van der Waals surface area contributed by atoms with Crippen LogP contribution in [0.25, 0.3) is 21.2 Å². The number of rotatable bonds is 5. The van der Waals surface area contributed by atoms with E-state index in [1.165, 1.54) is 11.3 Å². The minimum Gasteiger partial charge on any atom is -0.347 e. The molecular weight excluding hydrogens is 543 g/mol. The van der Waals surface area contributed by atoms with Crippen LogP contribution in [-0.4, -0.2) is 50.8 Å². The maximum Gasteiger partial charge on any atom is 0.280 e. The number of amides is 1. The van der Waals surface area contributed by atoms with Crippen molar-refractivity contribution in [1.82, 2.24) is 15.0 Å². The molecule has 1 aliphatic rings. The molecule has 0 unspecified atom stereocenters. The van der Waals surface area contributed by atoms with Crippen LogP contribution in [0.4, 0.5) is 0 Å². The minimum absolute atomic E-state index is 0.0691. The Morgan fingerprint density at radius 3 is 2.16 bits per heavy atom. The zero-order valence-corrected chi connectivity index (χ0v) is 25.0. The van der Waals surface area contributed by atoms with E-state index in [4.69, 9.17) is 4.98 Å². The average molecular weight is 578 g/mol. The molecule has 4 rings (SSSR count). The summed E-state index contributed by atoms with van der Waals surface area (Å²) >= 11 is 1.27. The number of sulfone groups is 1. The third kappa shape index (κ3) is 6.27. The number of thiazole rings is 1. The van der Waals surface area contributed by atoms with Gasteiger partial charge in [-0.3, -0.25) is 4.79 Å². The van der Waals surface area contributed by atoms with Gasteiger partial charge in [-0.15, -0.1) is 11.3 Å². The van der Waals surface area contributed by atoms with Gasteiger partial charge in [-0.05, 0) is 45.1 Å². The van der Waals surface area contributed by atoms with Gasteiger partial charge in [0.2, 0.25) is 10.0 Å². The molecule has 38 heavy (non-hydrogen) atoms. The lowest BCUT2D eigenvalue weighted by molar-refractivity contribution is 0.0933. The summed E-state index contributed by atoms with van der Waals surface area (Å²) in [6.07, 6.45) is 0.781. The number of aromatic nitrogens is 1. The second kappa shape index (κ2) is 10.0. The fourth-order valence-corrected chi connectivity index (χ4v) is 8.89. The van der Waals surface area contributed by atoms with Gasteiger partial charge in [0.1, 0.15) is 9.84 Å². The molecule has 8 nitrogen and oxygen atoms in total. The van der Waals surface area contributed by atoms with Crippen LogP contribution in [0.5, 0.6) is 0 Å². The second-order valence-electron chi connectivity index (χ2n) is 11.9. The van der Waals surface area contributed by atoms with E-state index in [1.54, 1.807) is 39.0 Å². The third-order valence-electron chi connectivity index (χ3n) is 6.28. The highest BCUT2D eigenvalue weighted by atomic mass is 32.2. The highest BCUT2D eigenvalue weighted by Crippen LogP contribution is 2.41. The molecule has 2 aromatic carbocycles. The Balaban J connectivity index is 1.78. The first-order valence-electron chi connectivity index (χ1n) is 12.6. The van der Waals surface area contributed by atoms with Crippen LogP contribution < -0.4 is 10.0 Å². The predicted molar refractivity (Wildman–Crippen MR) is 153 cm³/mol. The third-order valence-corrected chi connectivity index (χ3v) is 10.9. The number of hydrogen-bond acceptors (Lipinski definition) is 7. The summed E-state index contributed by atoms with van der Waals surface area (Å²) in [5.74, 6) is -0.187. The van der Waals surface area contributed by atoms with Gasteiger partial charge in [0.05, 0.1) is 27.0 Å². The van der Waals surface area contributed by atoms with Crippen molar-refractivity contribution in [2.45, 2.75) is 76.3 Å². The van der Waals surface area contributed by atoms with Crippen LogP contribution in [0.1, 0.15) is 69.9 Å². The van der Waals surface area contributed by atoms with E-state index in [1.807, 2.05) is 39.0 Å². The van der Waals surface area contributed by atoms with E-state index in [2.05, 4.69) is 10.0 Å². The quantitative estimate of drug-likeness (QED) is 0.455. The molecule has 0 spiro atoms. The van der Waals surface area contributed by atoms with Crippen LogP contribution >= 0.6 is 11.3 Å². The number of nitrogens with zero attached hydrogens (tertiary/aromatic N) is 1. The lowest BCUT2D eigenvalue weighted by Gasteiger charge is -2.22. The van der Waals surface area contributed by atoms with Gasteiger partial charge in [-0.25, -0.2) is 26.5 Å². The molecule has 11 heteroatoms. The van der Waals surface area contributed by atoms with Gasteiger partial charge in [-0.1, -0.05) is 51.1 Å². The van der Waals surface area contributed by atoms with Crippen molar-refractivity contribution in [3.05, 3.63) is 47.1 Å². The smallest absolute Gasteiger partial charge is 0.280 e. The molecule has 0 bridgehead atoms. The normalized spacial score (nSPS) is 17.0. The van der Waals surface area contributed by atoms with Gasteiger partial charge in [0, 0.05) is 27.9 Å². The van der Waals surface area contributed by atoms with E-state index < -0.39 is 25.4 Å². The maximum absolute atomic E-state index is 13.2. The van der Waals surface area contributed by atoms with E-state index in [-0.39, 0.29) is 33.8 Å². The fourth-order valence-electron chi connectivity index (χ4n) is 4.55. The van der Waals surface area contributed by atoms with E-state index >= 15 is 0 Å². The van der Waals surface area contributed by atoms with Crippen molar-refractivity contribution in [2.24, 2.45) is 0 Å². The Bertz CT molecular complexity index is 1580. The number of fused-ring (bicyclic) bond motifs is 1. The topological polar surface area (TPSA) is 122 Å². The standard InChI is InChI=1S/C27H35N3O5S3/c1-26(2,3)23-22(36-25(29-23)24(31)28-17-13-15-37(32,33)16-14-17)20-11-12-21(19-10-8-7-9-18(19)20)38(34,35)30-27(4,5)6/h7-12,17,30H,13-16H2,1-6H3,(H,28,31). The number of hydrogen-bond donors (Lipinski definition) is 2. The molecule has 1 aliphatic heterocycles. The summed E-state index contributed by atoms with van der Waals surface area (Å²) in [6, 6.07) is 10.5. The van der Waals surface area contributed by atoms with Crippen molar-refractivity contribution in [2.75, 3.05) is 11.5 Å². The Labute approximate surface area is 229 Å². The lowest BCUT2D eigenvalue weighted by Crippen LogP contribution is -2.40. The first kappa shape index (κ1) is 28.7. The zero-order chi connectivity index (χ0) is 28.1. The summed E-state index contributed by atoms with van der Waals surface area (Å²) < 4.78 is 52.8. The summed E-state index contributed by atoms with van der Waals surface area (Å²) in [5, 5.41) is 4.60. The number of carbonyl (C=O) groups excluding carboxylic acids is 1. The molecular formula is C27H35N3O5S3. The maximum atomic E-state index is 13.2.